The van der Waals surface area contributed by atoms with Crippen molar-refractivity contribution in [2.45, 2.75) is 31.6 Å². The average Bonchev–Trinajstić information content (AvgIpc) is 2.63. The topological polar surface area (TPSA) is 47.7 Å². The molecule has 4 nitrogen and oxygen atoms in total. The molecule has 1 rings (SSSR count). The number of hydrogen-bond acceptors (Lipinski definition) is 4. The minimum Gasteiger partial charge on any atom is -0.377 e. The summed E-state index contributed by atoms with van der Waals surface area (Å²) in [4.78, 5) is 2.36. The number of nitrogens with two attached hydrogens (primary N) is 1. The van der Waals surface area contributed by atoms with E-state index in [0.717, 1.165) is 19.5 Å². The molecule has 14 heavy (non-hydrogen) atoms. The molecule has 0 aromatic rings. The van der Waals surface area contributed by atoms with Crippen molar-refractivity contribution in [1.29, 1.82) is 0 Å². The van der Waals surface area contributed by atoms with Gasteiger partial charge in [0.05, 0.1) is 12.2 Å². The van der Waals surface area contributed by atoms with Crippen LogP contribution in [-0.2, 0) is 9.47 Å². The predicted octanol–water partition coefficient (Wildman–Crippen LogP) is 0.0693. The second-order valence-electron chi connectivity index (χ2n) is 3.80. The van der Waals surface area contributed by atoms with Gasteiger partial charge < -0.3 is 15.2 Å². The minimum absolute atomic E-state index is 0.195. The van der Waals surface area contributed by atoms with E-state index in [0.29, 0.717) is 12.6 Å². The first-order valence-electron chi connectivity index (χ1n) is 5.26. The molecule has 1 heterocycles. The molecule has 2 N–H and O–H groups in total. The van der Waals surface area contributed by atoms with Crippen LogP contribution in [0.2, 0.25) is 0 Å². The fourth-order valence-corrected chi connectivity index (χ4v) is 2.10. The van der Waals surface area contributed by atoms with E-state index < -0.39 is 0 Å². The summed E-state index contributed by atoms with van der Waals surface area (Å²) in [7, 11) is 3.48. The lowest BCUT2D eigenvalue weighted by Crippen LogP contribution is -2.39. The summed E-state index contributed by atoms with van der Waals surface area (Å²) in [5, 5.41) is 0. The van der Waals surface area contributed by atoms with E-state index in [9.17, 15) is 0 Å². The second kappa shape index (κ2) is 5.66. The number of hydrogen-bond donors (Lipinski definition) is 1. The lowest BCUT2D eigenvalue weighted by Gasteiger charge is -2.24. The largest absolute Gasteiger partial charge is 0.377 e. The van der Waals surface area contributed by atoms with Crippen LogP contribution in [-0.4, -0.2) is 57.0 Å². The molecule has 3 atom stereocenters. The Morgan fingerprint density at radius 1 is 1.29 bits per heavy atom. The van der Waals surface area contributed by atoms with Gasteiger partial charge in [-0.15, -0.1) is 0 Å². The molecule has 0 spiro atoms. The van der Waals surface area contributed by atoms with Crippen LogP contribution in [0, 0.1) is 0 Å². The third kappa shape index (κ3) is 2.45. The monoisotopic (exact) mass is 202 g/mol. The highest BCUT2D eigenvalue weighted by atomic mass is 16.5. The first-order valence-corrected chi connectivity index (χ1v) is 5.26. The van der Waals surface area contributed by atoms with Crippen LogP contribution in [0.15, 0.2) is 0 Å². The van der Waals surface area contributed by atoms with Crippen LogP contribution in [0.4, 0.5) is 0 Å². The molecule has 0 aromatic heterocycles. The standard InChI is InChI=1S/C10H22N2O2/c1-4-8(5-11)12-6-9(13-2)10(7-12)14-3/h8-10H,4-7,11H2,1-3H3. The Morgan fingerprint density at radius 3 is 2.07 bits per heavy atom. The Kier molecular flexibility index (Phi) is 4.81. The van der Waals surface area contributed by atoms with Gasteiger partial charge in [0.2, 0.25) is 0 Å². The molecule has 4 heteroatoms. The Hall–Kier alpha value is -0.160. The number of methoxy groups -OCH3 is 2. The maximum Gasteiger partial charge on any atom is 0.0971 e. The summed E-state index contributed by atoms with van der Waals surface area (Å²) >= 11 is 0. The van der Waals surface area contributed by atoms with Gasteiger partial charge in [0.25, 0.3) is 0 Å². The molecule has 0 amide bonds. The van der Waals surface area contributed by atoms with Crippen molar-refractivity contribution in [3.8, 4) is 0 Å². The predicted molar refractivity (Wildman–Crippen MR) is 56.3 cm³/mol. The highest BCUT2D eigenvalue weighted by Gasteiger charge is 2.35. The van der Waals surface area contributed by atoms with Gasteiger partial charge >= 0.3 is 0 Å². The molecular weight excluding hydrogens is 180 g/mol. The molecule has 0 bridgehead atoms. The summed E-state index contributed by atoms with van der Waals surface area (Å²) in [5.41, 5.74) is 5.71. The molecule has 84 valence electrons. The minimum atomic E-state index is 0.195. The molecule has 1 fully saturated rings. The average molecular weight is 202 g/mol. The number of likely N-dealkylation sites (tertiary alicyclic amines) is 1. The zero-order chi connectivity index (χ0) is 10.6. The van der Waals surface area contributed by atoms with Gasteiger partial charge in [-0.3, -0.25) is 4.90 Å². The van der Waals surface area contributed by atoms with Crippen LogP contribution in [0.3, 0.4) is 0 Å². The second-order valence-corrected chi connectivity index (χ2v) is 3.80. The quantitative estimate of drug-likeness (QED) is 0.685. The van der Waals surface area contributed by atoms with Gasteiger partial charge in [-0.1, -0.05) is 6.92 Å². The molecular formula is C10H22N2O2. The maximum atomic E-state index is 5.71. The third-order valence-electron chi connectivity index (χ3n) is 3.11. The van der Waals surface area contributed by atoms with Crippen molar-refractivity contribution in [3.63, 3.8) is 0 Å². The van der Waals surface area contributed by atoms with E-state index in [-0.39, 0.29) is 12.2 Å². The van der Waals surface area contributed by atoms with Crippen molar-refractivity contribution in [2.75, 3.05) is 33.9 Å². The smallest absolute Gasteiger partial charge is 0.0971 e. The summed E-state index contributed by atoms with van der Waals surface area (Å²) < 4.78 is 10.8. The molecule has 0 saturated carbocycles. The number of nitrogens with zero attached hydrogens (tertiary/aromatic N) is 1. The van der Waals surface area contributed by atoms with E-state index in [1.807, 2.05) is 0 Å². The molecule has 1 saturated heterocycles. The maximum absolute atomic E-state index is 5.71. The van der Waals surface area contributed by atoms with Crippen LogP contribution >= 0.6 is 0 Å². The number of ether oxygens (including phenoxy) is 2. The van der Waals surface area contributed by atoms with E-state index in [1.165, 1.54) is 0 Å². The zero-order valence-corrected chi connectivity index (χ0v) is 9.40. The molecule has 0 aromatic carbocycles. The van der Waals surface area contributed by atoms with Crippen molar-refractivity contribution in [3.05, 3.63) is 0 Å². The molecule has 1 aliphatic rings. The number of rotatable bonds is 5. The first kappa shape index (κ1) is 11.9. The molecule has 1 aliphatic heterocycles. The fraction of sp³-hybridized carbons (Fsp3) is 1.00. The van der Waals surface area contributed by atoms with Crippen LogP contribution in [0.1, 0.15) is 13.3 Å². The highest BCUT2D eigenvalue weighted by molar-refractivity contribution is 4.89. The van der Waals surface area contributed by atoms with Crippen LogP contribution < -0.4 is 5.73 Å². The van der Waals surface area contributed by atoms with E-state index in [4.69, 9.17) is 15.2 Å². The van der Waals surface area contributed by atoms with Crippen molar-refractivity contribution in [1.82, 2.24) is 4.90 Å². The van der Waals surface area contributed by atoms with E-state index >= 15 is 0 Å². The van der Waals surface area contributed by atoms with Gasteiger partial charge in [-0.05, 0) is 6.42 Å². The van der Waals surface area contributed by atoms with Gasteiger partial charge in [0.15, 0.2) is 0 Å². The molecule has 0 aliphatic carbocycles. The first-order chi connectivity index (χ1) is 6.76. The normalized spacial score (nSPS) is 30.9. The summed E-state index contributed by atoms with van der Waals surface area (Å²) in [6, 6.07) is 0.466. The summed E-state index contributed by atoms with van der Waals surface area (Å²) in [5.74, 6) is 0. The lowest BCUT2D eigenvalue weighted by molar-refractivity contribution is -0.00461. The third-order valence-corrected chi connectivity index (χ3v) is 3.11. The highest BCUT2D eigenvalue weighted by Crippen LogP contribution is 2.18. The van der Waals surface area contributed by atoms with E-state index in [2.05, 4.69) is 11.8 Å². The zero-order valence-electron chi connectivity index (χ0n) is 9.40. The molecule has 3 unspecified atom stereocenters. The van der Waals surface area contributed by atoms with Crippen molar-refractivity contribution in [2.24, 2.45) is 5.73 Å². The Labute approximate surface area is 86.3 Å². The van der Waals surface area contributed by atoms with Crippen molar-refractivity contribution < 1.29 is 9.47 Å². The summed E-state index contributed by atoms with van der Waals surface area (Å²) in [6.45, 7) is 4.75. The van der Waals surface area contributed by atoms with Gasteiger partial charge in [0, 0.05) is 39.9 Å². The Bertz CT molecular complexity index is 146. The van der Waals surface area contributed by atoms with Gasteiger partial charge in [-0.2, -0.15) is 0 Å². The SMILES string of the molecule is CCC(CN)N1CC(OC)C(OC)C1. The Morgan fingerprint density at radius 2 is 1.79 bits per heavy atom. The van der Waals surface area contributed by atoms with Crippen LogP contribution in [0.5, 0.6) is 0 Å². The van der Waals surface area contributed by atoms with Crippen LogP contribution in [0.25, 0.3) is 0 Å². The lowest BCUT2D eigenvalue weighted by atomic mass is 10.2. The van der Waals surface area contributed by atoms with Gasteiger partial charge in [-0.25, -0.2) is 0 Å². The van der Waals surface area contributed by atoms with Crippen molar-refractivity contribution >= 4 is 0 Å². The van der Waals surface area contributed by atoms with Gasteiger partial charge in [0.1, 0.15) is 0 Å². The molecule has 0 radical (unpaired) electrons. The summed E-state index contributed by atoms with van der Waals surface area (Å²) in [6.07, 6.45) is 1.48. The fourth-order valence-electron chi connectivity index (χ4n) is 2.10. The Balaban J connectivity index is 2.51. The van der Waals surface area contributed by atoms with E-state index in [1.54, 1.807) is 14.2 Å².